The Bertz CT molecular complexity index is 509. The highest BCUT2D eigenvalue weighted by Gasteiger charge is 2.10. The van der Waals surface area contributed by atoms with Crippen molar-refractivity contribution >= 4 is 5.97 Å². The number of carboxylic acid groups (broad SMARTS) is 1. The van der Waals surface area contributed by atoms with Crippen LogP contribution in [0, 0.1) is 6.92 Å². The SMILES string of the molecule is Cc1nc(CC(=O)O)cc(-c2nn[nH]n2)n1. The molecule has 0 aliphatic rings. The monoisotopic (exact) mass is 220 g/mol. The maximum atomic E-state index is 10.6. The number of H-pyrrole nitrogens is 1. The molecular formula is C8H8N6O2. The van der Waals surface area contributed by atoms with Gasteiger partial charge in [-0.25, -0.2) is 9.97 Å². The second kappa shape index (κ2) is 4.01. The predicted molar refractivity (Wildman–Crippen MR) is 51.3 cm³/mol. The molecule has 0 bridgehead atoms. The van der Waals surface area contributed by atoms with Gasteiger partial charge in [0.1, 0.15) is 11.5 Å². The first kappa shape index (κ1) is 10.1. The minimum Gasteiger partial charge on any atom is -0.481 e. The lowest BCUT2D eigenvalue weighted by Crippen LogP contribution is -2.05. The fourth-order valence-electron chi connectivity index (χ4n) is 1.26. The molecule has 2 aromatic rings. The van der Waals surface area contributed by atoms with Crippen LogP contribution >= 0.6 is 0 Å². The second-order valence-electron chi connectivity index (χ2n) is 3.10. The van der Waals surface area contributed by atoms with Gasteiger partial charge in [0.05, 0.1) is 12.1 Å². The third-order valence-corrected chi connectivity index (χ3v) is 1.80. The zero-order valence-electron chi connectivity index (χ0n) is 8.38. The van der Waals surface area contributed by atoms with Gasteiger partial charge in [-0.05, 0) is 18.2 Å². The van der Waals surface area contributed by atoms with Crippen LogP contribution in [-0.4, -0.2) is 41.7 Å². The molecule has 0 amide bonds. The lowest BCUT2D eigenvalue weighted by atomic mass is 10.2. The Labute approximate surface area is 89.8 Å². The molecule has 0 aliphatic carbocycles. The number of aromatic nitrogens is 6. The molecule has 0 saturated heterocycles. The number of nitrogens with zero attached hydrogens (tertiary/aromatic N) is 5. The summed E-state index contributed by atoms with van der Waals surface area (Å²) in [4.78, 5) is 18.7. The molecule has 2 heterocycles. The number of hydrogen-bond acceptors (Lipinski definition) is 6. The fraction of sp³-hybridized carbons (Fsp3) is 0.250. The number of aliphatic carboxylic acids is 1. The molecule has 8 heteroatoms. The van der Waals surface area contributed by atoms with E-state index >= 15 is 0 Å². The normalized spacial score (nSPS) is 10.3. The number of carboxylic acids is 1. The summed E-state index contributed by atoms with van der Waals surface area (Å²) in [6.07, 6.45) is -0.159. The summed E-state index contributed by atoms with van der Waals surface area (Å²) in [5, 5.41) is 21.9. The third kappa shape index (κ3) is 2.16. The zero-order chi connectivity index (χ0) is 11.5. The third-order valence-electron chi connectivity index (χ3n) is 1.80. The molecule has 0 unspecified atom stereocenters. The highest BCUT2D eigenvalue weighted by Crippen LogP contribution is 2.11. The minimum atomic E-state index is -0.947. The van der Waals surface area contributed by atoms with Gasteiger partial charge in [0.2, 0.25) is 5.82 Å². The Balaban J connectivity index is 2.40. The van der Waals surface area contributed by atoms with Crippen molar-refractivity contribution in [2.45, 2.75) is 13.3 Å². The number of tetrazole rings is 1. The van der Waals surface area contributed by atoms with Crippen LogP contribution in [0.25, 0.3) is 11.5 Å². The first-order valence-electron chi connectivity index (χ1n) is 4.45. The summed E-state index contributed by atoms with van der Waals surface area (Å²) in [5.41, 5.74) is 0.873. The molecule has 0 saturated carbocycles. The van der Waals surface area contributed by atoms with E-state index in [0.29, 0.717) is 23.0 Å². The van der Waals surface area contributed by atoms with E-state index < -0.39 is 5.97 Å². The van der Waals surface area contributed by atoms with Crippen LogP contribution in [-0.2, 0) is 11.2 Å². The molecule has 0 radical (unpaired) electrons. The molecule has 0 aliphatic heterocycles. The van der Waals surface area contributed by atoms with Crippen LogP contribution < -0.4 is 0 Å². The average molecular weight is 220 g/mol. The number of aryl methyl sites for hydroxylation is 1. The van der Waals surface area contributed by atoms with E-state index in [1.165, 1.54) is 6.07 Å². The molecule has 8 nitrogen and oxygen atoms in total. The molecule has 0 atom stereocenters. The summed E-state index contributed by atoms with van der Waals surface area (Å²) in [6.45, 7) is 1.68. The van der Waals surface area contributed by atoms with Gasteiger partial charge in [0.15, 0.2) is 0 Å². The maximum absolute atomic E-state index is 10.6. The van der Waals surface area contributed by atoms with Gasteiger partial charge in [0.25, 0.3) is 0 Å². The smallest absolute Gasteiger partial charge is 0.309 e. The molecule has 2 aromatic heterocycles. The largest absolute Gasteiger partial charge is 0.481 e. The van der Waals surface area contributed by atoms with E-state index in [9.17, 15) is 4.79 Å². The van der Waals surface area contributed by atoms with Crippen LogP contribution in [0.4, 0.5) is 0 Å². The molecule has 2 rings (SSSR count). The van der Waals surface area contributed by atoms with E-state index in [1.807, 2.05) is 0 Å². The summed E-state index contributed by atoms with van der Waals surface area (Å²) in [6, 6.07) is 1.53. The Morgan fingerprint density at radius 2 is 2.31 bits per heavy atom. The first-order valence-corrected chi connectivity index (χ1v) is 4.45. The summed E-state index contributed by atoms with van der Waals surface area (Å²) in [7, 11) is 0. The number of rotatable bonds is 3. The number of aromatic amines is 1. The van der Waals surface area contributed by atoms with Crippen LogP contribution in [0.15, 0.2) is 6.07 Å². The van der Waals surface area contributed by atoms with Gasteiger partial charge in [-0.3, -0.25) is 4.79 Å². The van der Waals surface area contributed by atoms with Gasteiger partial charge >= 0.3 is 5.97 Å². The van der Waals surface area contributed by atoms with Crippen molar-refractivity contribution in [3.8, 4) is 11.5 Å². The maximum Gasteiger partial charge on any atom is 0.309 e. The van der Waals surface area contributed by atoms with Gasteiger partial charge in [-0.1, -0.05) is 0 Å². The van der Waals surface area contributed by atoms with Crippen LogP contribution in [0.3, 0.4) is 0 Å². The van der Waals surface area contributed by atoms with Crippen molar-refractivity contribution < 1.29 is 9.90 Å². The second-order valence-corrected chi connectivity index (χ2v) is 3.10. The van der Waals surface area contributed by atoms with E-state index in [4.69, 9.17) is 5.11 Å². The highest BCUT2D eigenvalue weighted by atomic mass is 16.4. The van der Waals surface area contributed by atoms with Gasteiger partial charge < -0.3 is 5.11 Å². The molecule has 2 N–H and O–H groups in total. The van der Waals surface area contributed by atoms with Crippen LogP contribution in [0.2, 0.25) is 0 Å². The Hall–Kier alpha value is -2.38. The lowest BCUT2D eigenvalue weighted by Gasteiger charge is -2.00. The van der Waals surface area contributed by atoms with Gasteiger partial charge in [-0.15, -0.1) is 10.2 Å². The van der Waals surface area contributed by atoms with Crippen molar-refractivity contribution in [2.24, 2.45) is 0 Å². The first-order chi connectivity index (χ1) is 7.65. The van der Waals surface area contributed by atoms with E-state index in [2.05, 4.69) is 30.6 Å². The number of carbonyl (C=O) groups is 1. The van der Waals surface area contributed by atoms with E-state index in [0.717, 1.165) is 0 Å². The summed E-state index contributed by atoms with van der Waals surface area (Å²) >= 11 is 0. The molecule has 0 aromatic carbocycles. The van der Waals surface area contributed by atoms with Gasteiger partial charge in [0, 0.05) is 0 Å². The number of nitrogens with one attached hydrogen (secondary N) is 1. The number of hydrogen-bond donors (Lipinski definition) is 2. The predicted octanol–water partition coefficient (Wildman–Crippen LogP) is -0.408. The Morgan fingerprint density at radius 3 is 2.94 bits per heavy atom. The minimum absolute atomic E-state index is 0.159. The van der Waals surface area contributed by atoms with E-state index in [1.54, 1.807) is 6.92 Å². The lowest BCUT2D eigenvalue weighted by molar-refractivity contribution is -0.136. The fourth-order valence-corrected chi connectivity index (χ4v) is 1.26. The quantitative estimate of drug-likeness (QED) is 0.721. The molecule has 0 spiro atoms. The van der Waals surface area contributed by atoms with Gasteiger partial charge in [-0.2, -0.15) is 5.21 Å². The standard InChI is InChI=1S/C8H8N6O2/c1-4-9-5(3-7(15)16)2-6(10-4)8-11-13-14-12-8/h2H,3H2,1H3,(H,15,16)(H,11,12,13,14). The van der Waals surface area contributed by atoms with Crippen molar-refractivity contribution in [1.29, 1.82) is 0 Å². The summed E-state index contributed by atoms with van der Waals surface area (Å²) < 4.78 is 0. The molecule has 82 valence electrons. The average Bonchev–Trinajstić information content (AvgIpc) is 2.67. The van der Waals surface area contributed by atoms with Crippen molar-refractivity contribution in [1.82, 2.24) is 30.6 Å². The van der Waals surface area contributed by atoms with Crippen LogP contribution in [0.5, 0.6) is 0 Å². The Morgan fingerprint density at radius 1 is 1.50 bits per heavy atom. The van der Waals surface area contributed by atoms with Crippen molar-refractivity contribution in [3.05, 3.63) is 17.6 Å². The van der Waals surface area contributed by atoms with Crippen LogP contribution in [0.1, 0.15) is 11.5 Å². The zero-order valence-corrected chi connectivity index (χ0v) is 8.38. The van der Waals surface area contributed by atoms with Crippen molar-refractivity contribution in [3.63, 3.8) is 0 Å². The highest BCUT2D eigenvalue weighted by molar-refractivity contribution is 5.70. The molecule has 0 fully saturated rings. The van der Waals surface area contributed by atoms with Crippen molar-refractivity contribution in [2.75, 3.05) is 0 Å². The topological polar surface area (TPSA) is 118 Å². The summed E-state index contributed by atoms with van der Waals surface area (Å²) in [5.74, 6) is -0.159. The van der Waals surface area contributed by atoms with E-state index in [-0.39, 0.29) is 6.42 Å². The Kier molecular flexibility index (Phi) is 2.54. The molecular weight excluding hydrogens is 212 g/mol. The molecule has 16 heavy (non-hydrogen) atoms.